The number of benzene rings is 1. The molecule has 2 rings (SSSR count). The van der Waals surface area contributed by atoms with Gasteiger partial charge in [-0.3, -0.25) is 0 Å². The van der Waals surface area contributed by atoms with Crippen LogP contribution in [0.15, 0.2) is 18.2 Å². The van der Waals surface area contributed by atoms with Gasteiger partial charge >= 0.3 is 0 Å². The number of nitrogens with zero attached hydrogens (tertiary/aromatic N) is 1. The molecule has 0 spiro atoms. The van der Waals surface area contributed by atoms with E-state index in [1.807, 2.05) is 12.1 Å². The maximum atomic E-state index is 6.13. The predicted octanol–water partition coefficient (Wildman–Crippen LogP) is 2.31. The molecule has 1 aliphatic rings. The average Bonchev–Trinajstić information content (AvgIpc) is 2.30. The molecule has 4 heteroatoms. The summed E-state index contributed by atoms with van der Waals surface area (Å²) < 4.78 is 5.63. The molecule has 1 heterocycles. The van der Waals surface area contributed by atoms with Crippen LogP contribution in [0.3, 0.4) is 0 Å². The van der Waals surface area contributed by atoms with Gasteiger partial charge in [0.15, 0.2) is 0 Å². The Balaban J connectivity index is 2.04. The summed E-state index contributed by atoms with van der Waals surface area (Å²) in [7, 11) is 4.16. The van der Waals surface area contributed by atoms with Crippen LogP contribution in [0.4, 0.5) is 0 Å². The zero-order chi connectivity index (χ0) is 12.3. The summed E-state index contributed by atoms with van der Waals surface area (Å²) in [4.78, 5) is 2.17. The second kappa shape index (κ2) is 5.71. The summed E-state index contributed by atoms with van der Waals surface area (Å²) >= 11 is 6.13. The first-order chi connectivity index (χ1) is 8.18. The van der Waals surface area contributed by atoms with Crippen LogP contribution in [-0.4, -0.2) is 38.7 Å². The smallest absolute Gasteiger partial charge is 0.142 e. The van der Waals surface area contributed by atoms with Crippen LogP contribution in [0.1, 0.15) is 18.0 Å². The van der Waals surface area contributed by atoms with Gasteiger partial charge in [0, 0.05) is 31.1 Å². The molecule has 0 radical (unpaired) electrons. The molecule has 1 atom stereocenters. The zero-order valence-electron chi connectivity index (χ0n) is 10.4. The largest absolute Gasteiger partial charge is 0.492 e. The van der Waals surface area contributed by atoms with Gasteiger partial charge in [-0.25, -0.2) is 0 Å². The van der Waals surface area contributed by atoms with Crippen molar-refractivity contribution in [2.45, 2.75) is 12.5 Å². The van der Waals surface area contributed by atoms with E-state index in [-0.39, 0.29) is 0 Å². The number of nitrogens with one attached hydrogen (secondary N) is 1. The molecule has 1 unspecified atom stereocenters. The lowest BCUT2D eigenvalue weighted by atomic mass is 10.0. The van der Waals surface area contributed by atoms with E-state index < -0.39 is 0 Å². The molecule has 0 aromatic heterocycles. The van der Waals surface area contributed by atoms with Gasteiger partial charge in [-0.05, 0) is 20.2 Å². The molecule has 0 saturated heterocycles. The van der Waals surface area contributed by atoms with Crippen molar-refractivity contribution in [1.29, 1.82) is 0 Å². The van der Waals surface area contributed by atoms with Gasteiger partial charge in [0.05, 0.1) is 11.6 Å². The minimum absolute atomic E-state index is 0.359. The minimum Gasteiger partial charge on any atom is -0.492 e. The molecule has 1 N–H and O–H groups in total. The van der Waals surface area contributed by atoms with Gasteiger partial charge in [-0.2, -0.15) is 0 Å². The summed E-state index contributed by atoms with van der Waals surface area (Å²) in [6.45, 7) is 2.74. The Morgan fingerprint density at radius 3 is 3.06 bits per heavy atom. The van der Waals surface area contributed by atoms with Crippen LogP contribution in [0.5, 0.6) is 5.75 Å². The van der Waals surface area contributed by atoms with Crippen LogP contribution in [0.2, 0.25) is 5.02 Å². The maximum absolute atomic E-state index is 6.13. The first-order valence-corrected chi connectivity index (χ1v) is 6.35. The standard InChI is InChI=1S/C13H19ClN2O/c1-16(2)8-7-15-12-6-9-17-13-10(12)4-3-5-11(13)14/h3-5,12,15H,6-9H2,1-2H3. The Morgan fingerprint density at radius 1 is 1.47 bits per heavy atom. The van der Waals surface area contributed by atoms with Gasteiger partial charge in [0.1, 0.15) is 5.75 Å². The molecule has 0 amide bonds. The van der Waals surface area contributed by atoms with E-state index >= 15 is 0 Å². The zero-order valence-corrected chi connectivity index (χ0v) is 11.1. The van der Waals surface area contributed by atoms with Crippen molar-refractivity contribution >= 4 is 11.6 Å². The third-order valence-corrected chi connectivity index (χ3v) is 3.27. The molecule has 1 aromatic rings. The Bertz CT molecular complexity index is 382. The van der Waals surface area contributed by atoms with Gasteiger partial charge in [0.25, 0.3) is 0 Å². The summed E-state index contributed by atoms with van der Waals surface area (Å²) in [6, 6.07) is 6.31. The Labute approximate surface area is 108 Å². The van der Waals surface area contributed by atoms with Crippen LogP contribution in [0.25, 0.3) is 0 Å². The van der Waals surface area contributed by atoms with Gasteiger partial charge in [-0.1, -0.05) is 23.7 Å². The highest BCUT2D eigenvalue weighted by Crippen LogP contribution is 2.37. The molecule has 94 valence electrons. The quantitative estimate of drug-likeness (QED) is 0.893. The fraction of sp³-hybridized carbons (Fsp3) is 0.538. The van der Waals surface area contributed by atoms with Crippen molar-refractivity contribution in [3.05, 3.63) is 28.8 Å². The Hall–Kier alpha value is -0.770. The van der Waals surface area contributed by atoms with E-state index in [2.05, 4.69) is 30.4 Å². The fourth-order valence-corrected chi connectivity index (χ4v) is 2.30. The second-order valence-corrected chi connectivity index (χ2v) is 5.01. The van der Waals surface area contributed by atoms with Crippen molar-refractivity contribution < 1.29 is 4.74 Å². The van der Waals surface area contributed by atoms with Gasteiger partial charge < -0.3 is 15.0 Å². The molecule has 3 nitrogen and oxygen atoms in total. The predicted molar refractivity (Wildman–Crippen MR) is 70.9 cm³/mol. The van der Waals surface area contributed by atoms with Crippen molar-refractivity contribution in [1.82, 2.24) is 10.2 Å². The number of ether oxygens (including phenoxy) is 1. The maximum Gasteiger partial charge on any atom is 0.142 e. The van der Waals surface area contributed by atoms with Crippen LogP contribution < -0.4 is 10.1 Å². The van der Waals surface area contributed by atoms with E-state index in [1.54, 1.807) is 0 Å². The first kappa shape index (κ1) is 12.7. The number of halogens is 1. The van der Waals surface area contributed by atoms with E-state index in [9.17, 15) is 0 Å². The third-order valence-electron chi connectivity index (χ3n) is 2.98. The minimum atomic E-state index is 0.359. The molecule has 17 heavy (non-hydrogen) atoms. The van der Waals surface area contributed by atoms with Crippen LogP contribution in [-0.2, 0) is 0 Å². The van der Waals surface area contributed by atoms with E-state index in [4.69, 9.17) is 16.3 Å². The molecule has 1 aliphatic heterocycles. The molecule has 0 saturated carbocycles. The fourth-order valence-electron chi connectivity index (χ4n) is 2.06. The van der Waals surface area contributed by atoms with Crippen LogP contribution in [0, 0.1) is 0 Å². The second-order valence-electron chi connectivity index (χ2n) is 4.61. The number of likely N-dealkylation sites (N-methyl/N-ethyl adjacent to an activating group) is 1. The summed E-state index contributed by atoms with van der Waals surface area (Å²) in [5.74, 6) is 0.850. The van der Waals surface area contributed by atoms with Crippen molar-refractivity contribution in [3.63, 3.8) is 0 Å². The van der Waals surface area contributed by atoms with Crippen LogP contribution >= 0.6 is 11.6 Å². The summed E-state index contributed by atoms with van der Waals surface area (Å²) in [5.41, 5.74) is 1.18. The number of rotatable bonds is 4. The third kappa shape index (κ3) is 3.12. The number of fused-ring (bicyclic) bond motifs is 1. The van der Waals surface area contributed by atoms with Crippen molar-refractivity contribution in [2.75, 3.05) is 33.8 Å². The number of para-hydroxylation sites is 1. The number of hydrogen-bond acceptors (Lipinski definition) is 3. The molecule has 0 fully saturated rings. The highest BCUT2D eigenvalue weighted by molar-refractivity contribution is 6.32. The van der Waals surface area contributed by atoms with E-state index in [1.165, 1.54) is 5.56 Å². The Morgan fingerprint density at radius 2 is 2.29 bits per heavy atom. The lowest BCUT2D eigenvalue weighted by Gasteiger charge is -2.27. The summed E-state index contributed by atoms with van der Waals surface area (Å²) in [5, 5.41) is 4.27. The SMILES string of the molecule is CN(C)CCNC1CCOc2c(Cl)cccc21. The average molecular weight is 255 g/mol. The molecule has 1 aromatic carbocycles. The molecule has 0 bridgehead atoms. The molecular formula is C13H19ClN2O. The topological polar surface area (TPSA) is 24.5 Å². The summed E-state index contributed by atoms with van der Waals surface area (Å²) in [6.07, 6.45) is 1.00. The highest BCUT2D eigenvalue weighted by atomic mass is 35.5. The normalized spacial score (nSPS) is 18.9. The first-order valence-electron chi connectivity index (χ1n) is 5.98. The lowest BCUT2D eigenvalue weighted by Crippen LogP contribution is -2.32. The van der Waals surface area contributed by atoms with Gasteiger partial charge in [0.2, 0.25) is 0 Å². The van der Waals surface area contributed by atoms with Crippen molar-refractivity contribution in [3.8, 4) is 5.75 Å². The molecular weight excluding hydrogens is 236 g/mol. The van der Waals surface area contributed by atoms with E-state index in [0.29, 0.717) is 11.1 Å². The molecule has 0 aliphatic carbocycles. The van der Waals surface area contributed by atoms with Crippen molar-refractivity contribution in [2.24, 2.45) is 0 Å². The monoisotopic (exact) mass is 254 g/mol. The van der Waals surface area contributed by atoms with Gasteiger partial charge in [-0.15, -0.1) is 0 Å². The van der Waals surface area contributed by atoms with E-state index in [0.717, 1.165) is 31.9 Å². The Kier molecular flexibility index (Phi) is 4.26. The highest BCUT2D eigenvalue weighted by Gasteiger charge is 2.22. The number of hydrogen-bond donors (Lipinski definition) is 1. The lowest BCUT2D eigenvalue weighted by molar-refractivity contribution is 0.249.